The lowest BCUT2D eigenvalue weighted by Gasteiger charge is -2.19. The number of benzene rings is 1. The molecule has 0 aliphatic heterocycles. The summed E-state index contributed by atoms with van der Waals surface area (Å²) in [4.78, 5) is 44.7. The number of carbonyl (C=O) groups is 3. The highest BCUT2D eigenvalue weighted by Crippen LogP contribution is 2.12. The van der Waals surface area contributed by atoms with Gasteiger partial charge in [0.05, 0.1) is 4.92 Å². The molecule has 0 fully saturated rings. The average molecular weight is 308 g/mol. The smallest absolute Gasteiger partial charge is 0.327 e. The zero-order valence-electron chi connectivity index (χ0n) is 12.3. The number of non-ortho nitro benzene ring substituents is 1. The first-order chi connectivity index (χ1) is 10.1. The summed E-state index contributed by atoms with van der Waals surface area (Å²) in [6, 6.07) is 4.95. The van der Waals surface area contributed by atoms with Crippen LogP contribution in [0.4, 0.5) is 5.69 Å². The van der Waals surface area contributed by atoms with E-state index in [9.17, 15) is 24.5 Å². The summed E-state index contributed by atoms with van der Waals surface area (Å²) < 4.78 is 0. The van der Waals surface area contributed by atoms with Crippen LogP contribution in [0.5, 0.6) is 0 Å². The van der Waals surface area contributed by atoms with Crippen molar-refractivity contribution in [1.82, 2.24) is 16.2 Å². The molecule has 0 saturated heterocycles. The van der Waals surface area contributed by atoms with Gasteiger partial charge in [0.15, 0.2) is 0 Å². The molecule has 0 bridgehead atoms. The molecule has 0 atom stereocenters. The molecular weight excluding hydrogens is 292 g/mol. The van der Waals surface area contributed by atoms with E-state index >= 15 is 0 Å². The van der Waals surface area contributed by atoms with E-state index in [-0.39, 0.29) is 11.3 Å². The van der Waals surface area contributed by atoms with Gasteiger partial charge in [-0.2, -0.15) is 0 Å². The number of nitrogens with one attached hydrogen (secondary N) is 3. The van der Waals surface area contributed by atoms with E-state index in [2.05, 4.69) is 5.32 Å². The molecule has 1 rings (SSSR count). The van der Waals surface area contributed by atoms with Crippen molar-refractivity contribution >= 4 is 23.4 Å². The number of rotatable bonds is 2. The lowest BCUT2D eigenvalue weighted by atomic mass is 10.1. The van der Waals surface area contributed by atoms with Gasteiger partial charge < -0.3 is 5.32 Å². The van der Waals surface area contributed by atoms with Crippen molar-refractivity contribution in [3.63, 3.8) is 0 Å². The molecule has 0 aliphatic rings. The van der Waals surface area contributed by atoms with E-state index in [1.807, 2.05) is 10.9 Å². The van der Waals surface area contributed by atoms with E-state index in [1.165, 1.54) is 18.2 Å². The molecule has 3 amide bonds. The van der Waals surface area contributed by atoms with Crippen LogP contribution in [0.2, 0.25) is 0 Å². The molecule has 3 N–H and O–H groups in total. The number of amides is 3. The second-order valence-electron chi connectivity index (χ2n) is 5.42. The molecule has 0 spiro atoms. The zero-order valence-corrected chi connectivity index (χ0v) is 12.3. The zero-order chi connectivity index (χ0) is 16.9. The summed E-state index contributed by atoms with van der Waals surface area (Å²) in [7, 11) is 0. The van der Waals surface area contributed by atoms with Gasteiger partial charge in [-0.05, 0) is 26.8 Å². The Hall–Kier alpha value is -2.97. The second-order valence-corrected chi connectivity index (χ2v) is 5.42. The van der Waals surface area contributed by atoms with Crippen LogP contribution >= 0.6 is 0 Å². The van der Waals surface area contributed by atoms with Gasteiger partial charge in [-0.15, -0.1) is 0 Å². The van der Waals surface area contributed by atoms with Crippen molar-refractivity contribution in [3.05, 3.63) is 39.9 Å². The second kappa shape index (κ2) is 6.66. The van der Waals surface area contributed by atoms with E-state index in [4.69, 9.17) is 0 Å². The highest BCUT2D eigenvalue weighted by Gasteiger charge is 2.21. The monoisotopic (exact) mass is 308 g/mol. The minimum Gasteiger partial charge on any atom is -0.343 e. The molecule has 0 aromatic heterocycles. The van der Waals surface area contributed by atoms with Gasteiger partial charge in [0.1, 0.15) is 0 Å². The molecule has 9 nitrogen and oxygen atoms in total. The van der Waals surface area contributed by atoms with Crippen molar-refractivity contribution in [2.45, 2.75) is 26.3 Å². The molecule has 9 heteroatoms. The predicted octanol–water partition coefficient (Wildman–Crippen LogP) is 0.271. The molecule has 0 radical (unpaired) electrons. The summed E-state index contributed by atoms with van der Waals surface area (Å²) >= 11 is 0. The molecule has 0 aliphatic carbocycles. The van der Waals surface area contributed by atoms with Crippen LogP contribution < -0.4 is 16.2 Å². The van der Waals surface area contributed by atoms with Crippen molar-refractivity contribution < 1.29 is 19.3 Å². The molecule has 118 valence electrons. The third kappa shape index (κ3) is 5.19. The number of carbonyl (C=O) groups excluding carboxylic acids is 3. The summed E-state index contributed by atoms with van der Waals surface area (Å²) in [5.74, 6) is -2.74. The fraction of sp³-hybridized carbons (Fsp3) is 0.308. The van der Waals surface area contributed by atoms with Crippen LogP contribution in [0.15, 0.2) is 24.3 Å². The number of nitro groups is 1. The van der Waals surface area contributed by atoms with E-state index < -0.39 is 28.2 Å². The molecule has 22 heavy (non-hydrogen) atoms. The quantitative estimate of drug-likeness (QED) is 0.410. The van der Waals surface area contributed by atoms with Gasteiger partial charge in [0.2, 0.25) is 0 Å². The van der Waals surface area contributed by atoms with Crippen molar-refractivity contribution in [2.24, 2.45) is 0 Å². The Labute approximate surface area is 126 Å². The van der Waals surface area contributed by atoms with Gasteiger partial charge in [-0.25, -0.2) is 0 Å². The SMILES string of the molecule is CC(C)(C)NC(=O)C(=O)NNC(=O)c1cccc([N+](=O)[O-])c1. The first-order valence-corrected chi connectivity index (χ1v) is 6.27. The summed E-state index contributed by atoms with van der Waals surface area (Å²) in [6.07, 6.45) is 0. The largest absolute Gasteiger partial charge is 0.343 e. The Kier molecular flexibility index (Phi) is 5.17. The van der Waals surface area contributed by atoms with Crippen LogP contribution in [0.25, 0.3) is 0 Å². The number of hydrogen-bond acceptors (Lipinski definition) is 5. The lowest BCUT2D eigenvalue weighted by Crippen LogP contribution is -2.52. The first kappa shape index (κ1) is 17.1. The maximum atomic E-state index is 11.8. The third-order valence-corrected chi connectivity index (χ3v) is 2.30. The number of nitro benzene ring substituents is 1. The van der Waals surface area contributed by atoms with Gasteiger partial charge in [0.25, 0.3) is 11.6 Å². The molecular formula is C13H16N4O5. The first-order valence-electron chi connectivity index (χ1n) is 6.27. The van der Waals surface area contributed by atoms with Gasteiger partial charge >= 0.3 is 11.8 Å². The summed E-state index contributed by atoms with van der Waals surface area (Å²) in [5.41, 5.74) is 3.06. The van der Waals surface area contributed by atoms with Crippen molar-refractivity contribution in [3.8, 4) is 0 Å². The predicted molar refractivity (Wildman–Crippen MR) is 76.6 cm³/mol. The normalized spacial score (nSPS) is 10.5. The Morgan fingerprint density at radius 3 is 2.27 bits per heavy atom. The van der Waals surface area contributed by atoms with E-state index in [0.717, 1.165) is 6.07 Å². The van der Waals surface area contributed by atoms with Gasteiger partial charge in [0, 0.05) is 23.2 Å². The standard InChI is InChI=1S/C13H16N4O5/c1-13(2,3)14-11(19)12(20)16-15-10(18)8-5-4-6-9(7-8)17(21)22/h4-7H,1-3H3,(H,14,19)(H,15,18)(H,16,20). The van der Waals surface area contributed by atoms with E-state index in [1.54, 1.807) is 20.8 Å². The Bertz CT molecular complexity index is 621. The Balaban J connectivity index is 2.63. The summed E-state index contributed by atoms with van der Waals surface area (Å²) in [6.45, 7) is 5.08. The topological polar surface area (TPSA) is 130 Å². The molecule has 1 aromatic carbocycles. The minimum absolute atomic E-state index is 0.0225. The van der Waals surface area contributed by atoms with Crippen LogP contribution in [0.3, 0.4) is 0 Å². The van der Waals surface area contributed by atoms with Crippen LogP contribution in [0, 0.1) is 10.1 Å². The molecule has 1 aromatic rings. The third-order valence-electron chi connectivity index (χ3n) is 2.30. The Morgan fingerprint density at radius 1 is 1.09 bits per heavy atom. The highest BCUT2D eigenvalue weighted by atomic mass is 16.6. The minimum atomic E-state index is -1.05. The maximum Gasteiger partial charge on any atom is 0.327 e. The van der Waals surface area contributed by atoms with Crippen molar-refractivity contribution in [2.75, 3.05) is 0 Å². The average Bonchev–Trinajstić information content (AvgIpc) is 2.42. The lowest BCUT2D eigenvalue weighted by molar-refractivity contribution is -0.384. The Morgan fingerprint density at radius 2 is 1.73 bits per heavy atom. The van der Waals surface area contributed by atoms with Crippen LogP contribution in [-0.4, -0.2) is 28.2 Å². The fourth-order valence-electron chi connectivity index (χ4n) is 1.40. The van der Waals surface area contributed by atoms with Crippen LogP contribution in [0.1, 0.15) is 31.1 Å². The summed E-state index contributed by atoms with van der Waals surface area (Å²) in [5, 5.41) is 13.0. The number of hydrazine groups is 1. The highest BCUT2D eigenvalue weighted by molar-refractivity contribution is 6.35. The molecule has 0 saturated carbocycles. The van der Waals surface area contributed by atoms with Gasteiger partial charge in [-0.1, -0.05) is 6.07 Å². The molecule has 0 heterocycles. The number of hydrogen-bond donors (Lipinski definition) is 3. The van der Waals surface area contributed by atoms with Crippen molar-refractivity contribution in [1.29, 1.82) is 0 Å². The van der Waals surface area contributed by atoms with E-state index in [0.29, 0.717) is 0 Å². The number of nitrogens with zero attached hydrogens (tertiary/aromatic N) is 1. The van der Waals surface area contributed by atoms with Crippen LogP contribution in [-0.2, 0) is 9.59 Å². The fourth-order valence-corrected chi connectivity index (χ4v) is 1.40. The molecule has 0 unspecified atom stereocenters. The maximum absolute atomic E-state index is 11.8. The van der Waals surface area contributed by atoms with Gasteiger partial charge in [-0.3, -0.25) is 35.3 Å².